The van der Waals surface area contributed by atoms with Gasteiger partial charge in [-0.1, -0.05) is 61.0 Å². The molecule has 1 atom stereocenters. The quantitative estimate of drug-likeness (QED) is 0.347. The predicted octanol–water partition coefficient (Wildman–Crippen LogP) is 3.56. The minimum absolute atomic E-state index is 0.0400. The molecule has 0 radical (unpaired) electrons. The molecular formula is C22H28ClN5O2S2. The molecule has 0 saturated heterocycles. The van der Waals surface area contributed by atoms with Gasteiger partial charge in [-0.25, -0.2) is 5.01 Å². The number of hydrazone groups is 1. The number of amidine groups is 1. The number of thiol groups is 1. The summed E-state index contributed by atoms with van der Waals surface area (Å²) in [4.78, 5) is 1.93. The van der Waals surface area contributed by atoms with Crippen molar-refractivity contribution in [2.24, 2.45) is 9.50 Å². The number of likely N-dealkylation sites (N-methyl/N-ethyl adjacent to an activating group) is 2. The summed E-state index contributed by atoms with van der Waals surface area (Å²) in [6.07, 6.45) is 0. The van der Waals surface area contributed by atoms with Crippen LogP contribution in [-0.2, 0) is 10.2 Å². The summed E-state index contributed by atoms with van der Waals surface area (Å²) in [7, 11) is -0.0897. The number of rotatable bonds is 8. The van der Waals surface area contributed by atoms with E-state index < -0.39 is 10.2 Å². The lowest BCUT2D eigenvalue weighted by molar-refractivity contribution is 0.340. The summed E-state index contributed by atoms with van der Waals surface area (Å²) in [5, 5.41) is 6.92. The first-order valence-electron chi connectivity index (χ1n) is 10.3. The third-order valence-electron chi connectivity index (χ3n) is 5.16. The molecule has 0 aliphatic carbocycles. The molecule has 2 aromatic carbocycles. The second-order valence-electron chi connectivity index (χ2n) is 7.70. The molecule has 0 fully saturated rings. The maximum absolute atomic E-state index is 12.9. The SMILES string of the molecule is CCN(CCN(C)C)S(=O)(=O)/N=C(\S)N1CC(c2ccccc2)C(c2ccc(Cl)cc2)=N1. The van der Waals surface area contributed by atoms with E-state index in [2.05, 4.69) is 17.0 Å². The molecule has 10 heteroatoms. The highest BCUT2D eigenvalue weighted by molar-refractivity contribution is 7.98. The Hall–Kier alpha value is -1.91. The molecule has 2 aromatic rings. The Kier molecular flexibility index (Phi) is 8.35. The summed E-state index contributed by atoms with van der Waals surface area (Å²) in [5.41, 5.74) is 2.80. The monoisotopic (exact) mass is 493 g/mol. The van der Waals surface area contributed by atoms with Gasteiger partial charge in [0.25, 0.3) is 0 Å². The molecule has 1 unspecified atom stereocenters. The van der Waals surface area contributed by atoms with Crippen molar-refractivity contribution in [3.8, 4) is 0 Å². The highest BCUT2D eigenvalue weighted by atomic mass is 35.5. The number of halogens is 1. The Morgan fingerprint density at radius 2 is 1.81 bits per heavy atom. The lowest BCUT2D eigenvalue weighted by Gasteiger charge is -2.21. The standard InChI is InChI=1S/C22H28ClN5O2S2/c1-4-27(15-14-26(2)3)32(29,30)25-22(31)28-16-20(17-8-6-5-7-9-17)21(24-28)18-10-12-19(23)13-11-18/h5-13,20H,4,14-16H2,1-3H3,(H,25,31). The Labute approximate surface area is 201 Å². The number of nitrogens with zero attached hydrogens (tertiary/aromatic N) is 5. The van der Waals surface area contributed by atoms with Gasteiger partial charge < -0.3 is 4.90 Å². The fourth-order valence-corrected chi connectivity index (χ4v) is 5.03. The van der Waals surface area contributed by atoms with Crippen LogP contribution in [0, 0.1) is 0 Å². The normalized spacial score (nSPS) is 17.3. The van der Waals surface area contributed by atoms with Crippen molar-refractivity contribution in [2.75, 3.05) is 40.3 Å². The molecule has 172 valence electrons. The second-order valence-corrected chi connectivity index (χ2v) is 10.1. The smallest absolute Gasteiger partial charge is 0.308 e. The Morgan fingerprint density at radius 3 is 2.41 bits per heavy atom. The minimum Gasteiger partial charge on any atom is -0.308 e. The molecule has 1 aliphatic rings. The lowest BCUT2D eigenvalue weighted by Crippen LogP contribution is -2.36. The second kappa shape index (κ2) is 10.8. The average Bonchev–Trinajstić information content (AvgIpc) is 3.20. The number of benzene rings is 2. The van der Waals surface area contributed by atoms with Crippen molar-refractivity contribution in [2.45, 2.75) is 12.8 Å². The van der Waals surface area contributed by atoms with Gasteiger partial charge in [0.15, 0.2) is 5.17 Å². The molecular weight excluding hydrogens is 466 g/mol. The molecule has 0 bridgehead atoms. The van der Waals surface area contributed by atoms with Crippen molar-refractivity contribution in [1.82, 2.24) is 14.2 Å². The van der Waals surface area contributed by atoms with E-state index in [0.717, 1.165) is 16.8 Å². The summed E-state index contributed by atoms with van der Waals surface area (Å²) in [5.74, 6) is -0.0616. The molecule has 32 heavy (non-hydrogen) atoms. The molecule has 0 spiro atoms. The molecule has 1 heterocycles. The van der Waals surface area contributed by atoms with Gasteiger partial charge in [0.2, 0.25) is 0 Å². The van der Waals surface area contributed by atoms with E-state index in [0.29, 0.717) is 31.2 Å². The summed E-state index contributed by atoms with van der Waals surface area (Å²) in [6, 6.07) is 17.4. The fourth-order valence-electron chi connectivity index (χ4n) is 3.41. The fraction of sp³-hybridized carbons (Fsp3) is 0.364. The summed E-state index contributed by atoms with van der Waals surface area (Å²) >= 11 is 10.5. The van der Waals surface area contributed by atoms with Crippen molar-refractivity contribution >= 4 is 45.3 Å². The van der Waals surface area contributed by atoms with Crippen molar-refractivity contribution < 1.29 is 8.42 Å². The minimum atomic E-state index is -3.88. The van der Waals surface area contributed by atoms with E-state index in [1.807, 2.05) is 73.6 Å². The highest BCUT2D eigenvalue weighted by Crippen LogP contribution is 2.30. The highest BCUT2D eigenvalue weighted by Gasteiger charge is 2.32. The van der Waals surface area contributed by atoms with Gasteiger partial charge in [0.05, 0.1) is 12.3 Å². The van der Waals surface area contributed by atoms with Crippen LogP contribution in [-0.4, -0.2) is 73.8 Å². The van der Waals surface area contributed by atoms with Gasteiger partial charge in [-0.3, -0.25) is 0 Å². The van der Waals surface area contributed by atoms with Crippen LogP contribution < -0.4 is 0 Å². The summed E-state index contributed by atoms with van der Waals surface area (Å²) in [6.45, 7) is 3.50. The molecule has 0 amide bonds. The first-order valence-corrected chi connectivity index (χ1v) is 12.5. The van der Waals surface area contributed by atoms with E-state index in [1.54, 1.807) is 11.9 Å². The Morgan fingerprint density at radius 1 is 1.16 bits per heavy atom. The topological polar surface area (TPSA) is 68.6 Å². The summed E-state index contributed by atoms with van der Waals surface area (Å²) < 4.78 is 31.0. The van der Waals surface area contributed by atoms with E-state index >= 15 is 0 Å². The van der Waals surface area contributed by atoms with Gasteiger partial charge in [-0.05, 0) is 37.4 Å². The maximum Gasteiger partial charge on any atom is 0.324 e. The van der Waals surface area contributed by atoms with Crippen LogP contribution in [0.4, 0.5) is 0 Å². The van der Waals surface area contributed by atoms with E-state index in [4.69, 9.17) is 16.7 Å². The van der Waals surface area contributed by atoms with Gasteiger partial charge in [0, 0.05) is 30.6 Å². The van der Waals surface area contributed by atoms with Gasteiger partial charge in [-0.2, -0.15) is 17.8 Å². The lowest BCUT2D eigenvalue weighted by atomic mass is 9.91. The van der Waals surface area contributed by atoms with E-state index in [1.165, 1.54) is 4.31 Å². The first kappa shape index (κ1) is 24.7. The van der Waals surface area contributed by atoms with Gasteiger partial charge >= 0.3 is 10.2 Å². The predicted molar refractivity (Wildman–Crippen MR) is 135 cm³/mol. The first-order chi connectivity index (χ1) is 15.2. The van der Waals surface area contributed by atoms with Crippen molar-refractivity contribution in [3.05, 3.63) is 70.7 Å². The van der Waals surface area contributed by atoms with Crippen LogP contribution in [0.15, 0.2) is 64.1 Å². The van der Waals surface area contributed by atoms with Gasteiger partial charge in [-0.15, -0.1) is 17.0 Å². The zero-order valence-electron chi connectivity index (χ0n) is 18.4. The molecule has 3 rings (SSSR count). The largest absolute Gasteiger partial charge is 0.324 e. The van der Waals surface area contributed by atoms with Crippen molar-refractivity contribution in [3.63, 3.8) is 0 Å². The van der Waals surface area contributed by atoms with Gasteiger partial charge in [0.1, 0.15) is 0 Å². The molecule has 0 aromatic heterocycles. The molecule has 1 aliphatic heterocycles. The Bertz CT molecular complexity index is 1070. The van der Waals surface area contributed by atoms with Crippen LogP contribution in [0.5, 0.6) is 0 Å². The van der Waals surface area contributed by atoms with E-state index in [9.17, 15) is 8.42 Å². The van der Waals surface area contributed by atoms with Crippen LogP contribution >= 0.6 is 24.2 Å². The average molecular weight is 494 g/mol. The Balaban J connectivity index is 1.91. The number of hydrogen-bond acceptors (Lipinski definition) is 4. The van der Waals surface area contributed by atoms with Crippen LogP contribution in [0.3, 0.4) is 0 Å². The van der Waals surface area contributed by atoms with Crippen LogP contribution in [0.1, 0.15) is 24.0 Å². The number of hydrogen-bond donors (Lipinski definition) is 1. The van der Waals surface area contributed by atoms with E-state index in [-0.39, 0.29) is 11.1 Å². The van der Waals surface area contributed by atoms with Crippen LogP contribution in [0.25, 0.3) is 0 Å². The molecule has 7 nitrogen and oxygen atoms in total. The third-order valence-corrected chi connectivity index (χ3v) is 7.37. The zero-order valence-corrected chi connectivity index (χ0v) is 20.9. The maximum atomic E-state index is 12.9. The molecule has 0 saturated carbocycles. The molecule has 0 N–H and O–H groups in total. The third kappa shape index (κ3) is 6.11. The zero-order chi connectivity index (χ0) is 23.3. The van der Waals surface area contributed by atoms with Crippen molar-refractivity contribution in [1.29, 1.82) is 0 Å². The van der Waals surface area contributed by atoms with Crippen LogP contribution in [0.2, 0.25) is 5.02 Å².